The third-order valence-electron chi connectivity index (χ3n) is 5.70. The van der Waals surface area contributed by atoms with Crippen LogP contribution in [0.15, 0.2) is 42.0 Å². The summed E-state index contributed by atoms with van der Waals surface area (Å²) in [7, 11) is -0.847. The second-order valence-electron chi connectivity index (χ2n) is 8.28. The normalized spacial score (nSPS) is 15.6. The zero-order chi connectivity index (χ0) is 25.8. The van der Waals surface area contributed by atoms with Crippen LogP contribution in [0.5, 0.6) is 17.2 Å². The van der Waals surface area contributed by atoms with Gasteiger partial charge < -0.3 is 23.8 Å². The predicted molar refractivity (Wildman–Crippen MR) is 130 cm³/mol. The Morgan fingerprint density at radius 2 is 1.97 bits per heavy atom. The molecule has 0 spiro atoms. The minimum atomic E-state index is -3.59. The molecule has 2 aromatic carbocycles. The van der Waals surface area contributed by atoms with Gasteiger partial charge in [-0.05, 0) is 44.9 Å². The molecule has 0 aliphatic carbocycles. The second kappa shape index (κ2) is 11.0. The minimum absolute atomic E-state index is 0.0156. The van der Waals surface area contributed by atoms with Crippen LogP contribution in [0.4, 0.5) is 0 Å². The van der Waals surface area contributed by atoms with E-state index in [-0.39, 0.29) is 30.5 Å². The Hall–Kier alpha value is -3.29. The third kappa shape index (κ3) is 5.86. The molecule has 2 aromatic rings. The van der Waals surface area contributed by atoms with Gasteiger partial charge in [0.05, 0.1) is 20.4 Å². The van der Waals surface area contributed by atoms with Gasteiger partial charge in [0.15, 0.2) is 0 Å². The van der Waals surface area contributed by atoms with Crippen molar-refractivity contribution in [2.24, 2.45) is 0 Å². The van der Waals surface area contributed by atoms with Crippen LogP contribution in [0.25, 0.3) is 0 Å². The first kappa shape index (κ1) is 26.3. The van der Waals surface area contributed by atoms with Gasteiger partial charge in [0, 0.05) is 11.1 Å². The van der Waals surface area contributed by atoms with Gasteiger partial charge >= 0.3 is 19.5 Å². The molecule has 3 rings (SSSR count). The molecule has 1 aliphatic rings. The zero-order valence-corrected chi connectivity index (χ0v) is 21.3. The van der Waals surface area contributed by atoms with Gasteiger partial charge in [0.1, 0.15) is 35.5 Å². The monoisotopic (exact) mass is 503 g/mol. The molecule has 9 nitrogen and oxygen atoms in total. The highest BCUT2D eigenvalue weighted by Gasteiger charge is 2.33. The number of phenols is 1. The summed E-state index contributed by atoms with van der Waals surface area (Å²) in [6.45, 7) is 5.20. The number of methoxy groups -OCH3 is 2. The van der Waals surface area contributed by atoms with Crippen molar-refractivity contribution >= 4 is 19.5 Å². The number of cyclic esters (lactones) is 1. The van der Waals surface area contributed by atoms with E-state index < -0.39 is 25.5 Å². The van der Waals surface area contributed by atoms with Gasteiger partial charge in [0.2, 0.25) is 0 Å². The number of rotatable bonds is 10. The van der Waals surface area contributed by atoms with Crippen molar-refractivity contribution in [3.63, 3.8) is 0 Å². The molecule has 2 atom stereocenters. The number of nitrogens with one attached hydrogen (secondary N) is 1. The fourth-order valence-corrected chi connectivity index (χ4v) is 6.13. The van der Waals surface area contributed by atoms with Crippen LogP contribution in [0.3, 0.4) is 0 Å². The number of hydrogen-bond acceptors (Lipinski definition) is 8. The molecular formula is C25H30NO8P. The van der Waals surface area contributed by atoms with Crippen molar-refractivity contribution in [2.75, 3.05) is 20.4 Å². The van der Waals surface area contributed by atoms with Crippen molar-refractivity contribution in [3.8, 4) is 17.2 Å². The van der Waals surface area contributed by atoms with E-state index in [4.69, 9.17) is 18.7 Å². The summed E-state index contributed by atoms with van der Waals surface area (Å²) in [6.07, 6.45) is 1.97. The number of para-hydroxylation sites is 1. The van der Waals surface area contributed by atoms with Crippen LogP contribution in [0.1, 0.15) is 40.9 Å². The quantitative estimate of drug-likeness (QED) is 0.278. The minimum Gasteiger partial charge on any atom is -0.507 e. The SMILES string of the molecule is COC(=O)[C@H](C)NP(=O)(C/C(C)=C/Cc1c(O)c2c(c(C)c1OC)COC2=O)Oc1ccccc1. The van der Waals surface area contributed by atoms with Crippen LogP contribution < -0.4 is 14.3 Å². The number of benzene rings is 2. The number of allylic oxidation sites excluding steroid dienone is 2. The summed E-state index contributed by atoms with van der Waals surface area (Å²) >= 11 is 0. The number of ether oxygens (including phenoxy) is 3. The number of carbonyl (C=O) groups excluding carboxylic acids is 2. The van der Waals surface area contributed by atoms with Crippen LogP contribution in [-0.2, 0) is 31.9 Å². The van der Waals surface area contributed by atoms with Crippen molar-refractivity contribution in [1.29, 1.82) is 0 Å². The highest BCUT2D eigenvalue weighted by molar-refractivity contribution is 7.57. The fourth-order valence-electron chi connectivity index (χ4n) is 3.98. The van der Waals surface area contributed by atoms with Crippen LogP contribution >= 0.6 is 7.52 Å². The molecule has 188 valence electrons. The second-order valence-corrected chi connectivity index (χ2v) is 10.4. The topological polar surface area (TPSA) is 120 Å². The van der Waals surface area contributed by atoms with Gasteiger partial charge in [-0.3, -0.25) is 9.36 Å². The van der Waals surface area contributed by atoms with Gasteiger partial charge in [-0.25, -0.2) is 9.88 Å². The summed E-state index contributed by atoms with van der Waals surface area (Å²) in [5.41, 5.74) is 2.58. The fraction of sp³-hybridized carbons (Fsp3) is 0.360. The number of carbonyl (C=O) groups is 2. The lowest BCUT2D eigenvalue weighted by Gasteiger charge is -2.23. The standard InChI is InChI=1S/C25H30NO8P/c1-15(11-12-19-22(27)21-20(13-33-25(21)29)16(2)23(19)31-4)14-35(30,26-17(3)24(28)32-5)34-18-9-7-6-8-10-18/h6-11,17,27H,12-14H2,1-5H3,(H,26,30)/b15-11+/t17-,35?/m0/s1. The molecule has 0 radical (unpaired) electrons. The molecule has 1 unspecified atom stereocenters. The first-order valence-electron chi connectivity index (χ1n) is 11.0. The highest BCUT2D eigenvalue weighted by atomic mass is 31.2. The Kier molecular flexibility index (Phi) is 8.25. The van der Waals surface area contributed by atoms with Crippen molar-refractivity contribution < 1.29 is 38.0 Å². The van der Waals surface area contributed by atoms with Crippen molar-refractivity contribution in [3.05, 3.63) is 64.2 Å². The van der Waals surface area contributed by atoms with Gasteiger partial charge in [-0.1, -0.05) is 29.8 Å². The van der Waals surface area contributed by atoms with E-state index in [0.29, 0.717) is 28.2 Å². The van der Waals surface area contributed by atoms with E-state index >= 15 is 0 Å². The van der Waals surface area contributed by atoms with Crippen LogP contribution in [0, 0.1) is 6.92 Å². The lowest BCUT2D eigenvalue weighted by molar-refractivity contribution is -0.142. The highest BCUT2D eigenvalue weighted by Crippen LogP contribution is 2.46. The van der Waals surface area contributed by atoms with E-state index in [1.54, 1.807) is 51.1 Å². The maximum absolute atomic E-state index is 13.8. The number of phenolic OH excluding ortho intramolecular Hbond substituents is 1. The number of aromatic hydroxyl groups is 1. The Balaban J connectivity index is 1.89. The lowest BCUT2D eigenvalue weighted by atomic mass is 9.95. The van der Waals surface area contributed by atoms with Crippen LogP contribution in [0.2, 0.25) is 0 Å². The number of esters is 2. The summed E-state index contributed by atoms with van der Waals surface area (Å²) in [5.74, 6) is -0.481. The predicted octanol–water partition coefficient (Wildman–Crippen LogP) is 4.29. The molecule has 0 saturated carbocycles. The molecule has 1 heterocycles. The molecule has 10 heteroatoms. The lowest BCUT2D eigenvalue weighted by Crippen LogP contribution is -2.34. The molecule has 0 saturated heterocycles. The summed E-state index contributed by atoms with van der Waals surface area (Å²) in [4.78, 5) is 24.1. The molecule has 0 fully saturated rings. The van der Waals surface area contributed by atoms with Crippen molar-refractivity contribution in [1.82, 2.24) is 5.09 Å². The average molecular weight is 503 g/mol. The van der Waals surface area contributed by atoms with Gasteiger partial charge in [-0.2, -0.15) is 0 Å². The summed E-state index contributed by atoms with van der Waals surface area (Å²) in [6, 6.07) is 7.79. The van der Waals surface area contributed by atoms with E-state index in [9.17, 15) is 19.3 Å². The summed E-state index contributed by atoms with van der Waals surface area (Å²) < 4.78 is 34.9. The molecular weight excluding hydrogens is 473 g/mol. The average Bonchev–Trinajstić information content (AvgIpc) is 3.22. The number of fused-ring (bicyclic) bond motifs is 1. The maximum Gasteiger partial charge on any atom is 0.342 e. The van der Waals surface area contributed by atoms with E-state index in [0.717, 1.165) is 5.56 Å². The summed E-state index contributed by atoms with van der Waals surface area (Å²) in [5, 5.41) is 13.6. The molecule has 2 N–H and O–H groups in total. The Labute approximate surface area is 204 Å². The van der Waals surface area contributed by atoms with Crippen LogP contribution in [-0.4, -0.2) is 43.5 Å². The first-order valence-corrected chi connectivity index (χ1v) is 12.8. The molecule has 35 heavy (non-hydrogen) atoms. The van der Waals surface area contributed by atoms with Crippen molar-refractivity contribution in [2.45, 2.75) is 39.8 Å². The third-order valence-corrected chi connectivity index (χ3v) is 7.90. The Morgan fingerprint density at radius 1 is 1.29 bits per heavy atom. The van der Waals surface area contributed by atoms with Gasteiger partial charge in [-0.15, -0.1) is 0 Å². The molecule has 0 amide bonds. The van der Waals surface area contributed by atoms with E-state index in [1.807, 2.05) is 6.07 Å². The van der Waals surface area contributed by atoms with E-state index in [2.05, 4.69) is 5.09 Å². The van der Waals surface area contributed by atoms with E-state index in [1.165, 1.54) is 14.2 Å². The molecule has 0 aromatic heterocycles. The smallest absolute Gasteiger partial charge is 0.342 e. The Morgan fingerprint density at radius 3 is 2.60 bits per heavy atom. The Bertz CT molecular complexity index is 1190. The zero-order valence-electron chi connectivity index (χ0n) is 20.4. The maximum atomic E-state index is 13.8. The van der Waals surface area contributed by atoms with Gasteiger partial charge in [0.25, 0.3) is 0 Å². The first-order chi connectivity index (χ1) is 16.6. The molecule has 1 aliphatic heterocycles. The molecule has 0 bridgehead atoms. The number of hydrogen-bond donors (Lipinski definition) is 2. The largest absolute Gasteiger partial charge is 0.507 e.